The van der Waals surface area contributed by atoms with Crippen LogP contribution in [-0.4, -0.2) is 15.9 Å². The van der Waals surface area contributed by atoms with Gasteiger partial charge in [0.15, 0.2) is 0 Å². The van der Waals surface area contributed by atoms with Gasteiger partial charge in [0.25, 0.3) is 0 Å². The lowest BCUT2D eigenvalue weighted by Gasteiger charge is -2.17. The van der Waals surface area contributed by atoms with Crippen LogP contribution in [0, 0.1) is 5.82 Å². The summed E-state index contributed by atoms with van der Waals surface area (Å²) in [6.45, 7) is 1.95. The first-order valence-corrected chi connectivity index (χ1v) is 10.3. The highest BCUT2D eigenvalue weighted by atomic mass is 19.1. The SMILES string of the molecule is CC(NC(=O)CCc1c[nH]c2ccccc12)c1ncccc1OCc1ccccc1F. The Bertz CT molecular complexity index is 1190. The molecule has 6 heteroatoms. The lowest BCUT2D eigenvalue weighted by atomic mass is 10.1. The van der Waals surface area contributed by atoms with Gasteiger partial charge < -0.3 is 15.0 Å². The summed E-state index contributed by atoms with van der Waals surface area (Å²) in [5.74, 6) is 0.144. The van der Waals surface area contributed by atoms with Crippen molar-refractivity contribution in [2.24, 2.45) is 0 Å². The number of ether oxygens (including phenoxy) is 1. The summed E-state index contributed by atoms with van der Waals surface area (Å²) in [4.78, 5) is 20.2. The zero-order valence-corrected chi connectivity index (χ0v) is 17.3. The van der Waals surface area contributed by atoms with Crippen molar-refractivity contribution in [2.75, 3.05) is 0 Å². The molecule has 0 aliphatic heterocycles. The number of benzene rings is 2. The van der Waals surface area contributed by atoms with Crippen LogP contribution in [0.5, 0.6) is 5.75 Å². The number of aryl methyl sites for hydroxylation is 1. The molecule has 0 spiro atoms. The largest absolute Gasteiger partial charge is 0.487 e. The molecule has 0 fully saturated rings. The molecular weight excluding hydrogens is 393 g/mol. The first-order valence-electron chi connectivity index (χ1n) is 10.3. The van der Waals surface area contributed by atoms with Gasteiger partial charge >= 0.3 is 0 Å². The maximum absolute atomic E-state index is 13.9. The van der Waals surface area contributed by atoms with Gasteiger partial charge in [-0.15, -0.1) is 0 Å². The lowest BCUT2D eigenvalue weighted by Crippen LogP contribution is -2.27. The third-order valence-electron chi connectivity index (χ3n) is 5.22. The average molecular weight is 417 g/mol. The van der Waals surface area contributed by atoms with E-state index in [9.17, 15) is 9.18 Å². The number of aromatic amines is 1. The molecule has 0 radical (unpaired) electrons. The molecule has 31 heavy (non-hydrogen) atoms. The third kappa shape index (κ3) is 4.91. The van der Waals surface area contributed by atoms with E-state index in [1.54, 1.807) is 36.5 Å². The number of para-hydroxylation sites is 1. The number of amides is 1. The standard InChI is InChI=1S/C25H24FN3O2/c1-17(29-24(30)13-12-18-15-28-22-10-5-3-8-20(18)22)25-23(11-6-14-27-25)31-16-19-7-2-4-9-21(19)26/h2-11,14-15,17,28H,12-13,16H2,1H3,(H,29,30). The van der Waals surface area contributed by atoms with Gasteiger partial charge in [0.05, 0.1) is 6.04 Å². The number of nitrogens with one attached hydrogen (secondary N) is 2. The molecule has 2 heterocycles. The van der Waals surface area contributed by atoms with Crippen LogP contribution in [0.2, 0.25) is 0 Å². The van der Waals surface area contributed by atoms with Gasteiger partial charge in [-0.3, -0.25) is 9.78 Å². The fourth-order valence-electron chi connectivity index (χ4n) is 3.59. The molecule has 0 saturated carbocycles. The topological polar surface area (TPSA) is 67.0 Å². The third-order valence-corrected chi connectivity index (χ3v) is 5.22. The van der Waals surface area contributed by atoms with E-state index in [4.69, 9.17) is 4.74 Å². The van der Waals surface area contributed by atoms with Gasteiger partial charge in [0.1, 0.15) is 23.9 Å². The van der Waals surface area contributed by atoms with Crippen LogP contribution < -0.4 is 10.1 Å². The maximum atomic E-state index is 13.9. The second-order valence-electron chi connectivity index (χ2n) is 7.42. The number of hydrogen-bond donors (Lipinski definition) is 2. The van der Waals surface area contributed by atoms with Crippen LogP contribution in [0.1, 0.15) is 36.2 Å². The fourth-order valence-corrected chi connectivity index (χ4v) is 3.59. The van der Waals surface area contributed by atoms with Gasteiger partial charge in [-0.05, 0) is 43.2 Å². The van der Waals surface area contributed by atoms with Crippen LogP contribution in [-0.2, 0) is 17.8 Å². The van der Waals surface area contributed by atoms with Crippen LogP contribution in [0.25, 0.3) is 10.9 Å². The van der Waals surface area contributed by atoms with E-state index in [2.05, 4.69) is 21.4 Å². The number of fused-ring (bicyclic) bond motifs is 1. The number of rotatable bonds is 8. The molecule has 2 N–H and O–H groups in total. The predicted octanol–water partition coefficient (Wildman–Crippen LogP) is 5.09. The van der Waals surface area contributed by atoms with Crippen molar-refractivity contribution in [3.8, 4) is 5.75 Å². The predicted molar refractivity (Wildman–Crippen MR) is 118 cm³/mol. The van der Waals surface area contributed by atoms with Crippen molar-refractivity contribution in [2.45, 2.75) is 32.4 Å². The van der Waals surface area contributed by atoms with Crippen LogP contribution >= 0.6 is 0 Å². The van der Waals surface area contributed by atoms with Gasteiger partial charge in [0.2, 0.25) is 5.91 Å². The Labute approximate surface area is 180 Å². The Balaban J connectivity index is 1.37. The zero-order valence-electron chi connectivity index (χ0n) is 17.3. The molecule has 5 nitrogen and oxygen atoms in total. The minimum Gasteiger partial charge on any atom is -0.487 e. The molecule has 1 amide bonds. The van der Waals surface area contributed by atoms with E-state index in [0.29, 0.717) is 29.8 Å². The second-order valence-corrected chi connectivity index (χ2v) is 7.42. The first-order chi connectivity index (χ1) is 15.1. The van der Waals surface area contributed by atoms with Gasteiger partial charge in [-0.1, -0.05) is 36.4 Å². The number of carbonyl (C=O) groups is 1. The number of pyridine rings is 1. The monoisotopic (exact) mass is 417 g/mol. The molecule has 1 atom stereocenters. The Kier molecular flexibility index (Phi) is 6.26. The molecular formula is C25H24FN3O2. The summed E-state index contributed by atoms with van der Waals surface area (Å²) in [6.07, 6.45) is 4.61. The quantitative estimate of drug-likeness (QED) is 0.420. The molecule has 0 aliphatic carbocycles. The first kappa shape index (κ1) is 20.6. The molecule has 4 aromatic rings. The number of aromatic nitrogens is 2. The zero-order chi connectivity index (χ0) is 21.6. The van der Waals surface area contributed by atoms with Gasteiger partial charge in [-0.2, -0.15) is 0 Å². The van der Waals surface area contributed by atoms with Crippen LogP contribution in [0.4, 0.5) is 4.39 Å². The maximum Gasteiger partial charge on any atom is 0.220 e. The van der Waals surface area contributed by atoms with Crippen LogP contribution in [0.3, 0.4) is 0 Å². The number of hydrogen-bond acceptors (Lipinski definition) is 3. The Morgan fingerprint density at radius 1 is 1.10 bits per heavy atom. The minimum atomic E-state index is -0.340. The molecule has 0 aliphatic rings. The van der Waals surface area contributed by atoms with Crippen molar-refractivity contribution in [1.82, 2.24) is 15.3 Å². The Hall–Kier alpha value is -3.67. The normalized spacial score (nSPS) is 11.9. The Morgan fingerprint density at radius 3 is 2.77 bits per heavy atom. The molecule has 158 valence electrons. The molecule has 1 unspecified atom stereocenters. The minimum absolute atomic E-state index is 0.0662. The molecule has 2 aromatic carbocycles. The molecule has 4 rings (SSSR count). The van der Waals surface area contributed by atoms with Crippen LogP contribution in [0.15, 0.2) is 73.1 Å². The highest BCUT2D eigenvalue weighted by Crippen LogP contribution is 2.24. The van der Waals surface area contributed by atoms with E-state index >= 15 is 0 Å². The Morgan fingerprint density at radius 2 is 1.90 bits per heavy atom. The number of carbonyl (C=O) groups excluding carboxylic acids is 1. The van der Waals surface area contributed by atoms with Crippen molar-refractivity contribution in [1.29, 1.82) is 0 Å². The number of H-pyrrole nitrogens is 1. The van der Waals surface area contributed by atoms with E-state index in [1.807, 2.05) is 31.3 Å². The van der Waals surface area contributed by atoms with Gasteiger partial charge in [-0.25, -0.2) is 4.39 Å². The van der Waals surface area contributed by atoms with Crippen molar-refractivity contribution >= 4 is 16.8 Å². The molecule has 0 bridgehead atoms. The van der Waals surface area contributed by atoms with Gasteiger partial charge in [0, 0.05) is 35.3 Å². The summed E-state index contributed by atoms with van der Waals surface area (Å²) in [5, 5.41) is 4.13. The lowest BCUT2D eigenvalue weighted by molar-refractivity contribution is -0.121. The molecule has 0 saturated heterocycles. The van der Waals surface area contributed by atoms with E-state index in [1.165, 1.54) is 6.07 Å². The summed E-state index contributed by atoms with van der Waals surface area (Å²) in [5.41, 5.74) is 3.26. The van der Waals surface area contributed by atoms with E-state index in [0.717, 1.165) is 16.5 Å². The van der Waals surface area contributed by atoms with Crippen molar-refractivity contribution < 1.29 is 13.9 Å². The number of nitrogens with zero attached hydrogens (tertiary/aromatic N) is 1. The highest BCUT2D eigenvalue weighted by molar-refractivity contribution is 5.84. The highest BCUT2D eigenvalue weighted by Gasteiger charge is 2.16. The summed E-state index contributed by atoms with van der Waals surface area (Å²) in [7, 11) is 0. The van der Waals surface area contributed by atoms with Crippen molar-refractivity contribution in [3.63, 3.8) is 0 Å². The fraction of sp³-hybridized carbons (Fsp3) is 0.200. The van der Waals surface area contributed by atoms with E-state index < -0.39 is 0 Å². The number of halogens is 1. The van der Waals surface area contributed by atoms with E-state index in [-0.39, 0.29) is 24.4 Å². The second kappa shape index (κ2) is 9.43. The summed E-state index contributed by atoms with van der Waals surface area (Å²) >= 11 is 0. The summed E-state index contributed by atoms with van der Waals surface area (Å²) in [6, 6.07) is 17.7. The molecule has 2 aromatic heterocycles. The average Bonchev–Trinajstić information content (AvgIpc) is 3.20. The van der Waals surface area contributed by atoms with Crippen molar-refractivity contribution in [3.05, 3.63) is 95.7 Å². The summed E-state index contributed by atoms with van der Waals surface area (Å²) < 4.78 is 19.7. The smallest absolute Gasteiger partial charge is 0.220 e.